The number of hydrogen-bond acceptors (Lipinski definition) is 6. The van der Waals surface area contributed by atoms with Crippen LogP contribution in [0.3, 0.4) is 0 Å². The van der Waals surface area contributed by atoms with Crippen molar-refractivity contribution in [1.29, 1.82) is 0 Å². The lowest BCUT2D eigenvalue weighted by molar-refractivity contribution is 0.667. The number of nitrogens with zero attached hydrogens (tertiary/aromatic N) is 6. The van der Waals surface area contributed by atoms with Gasteiger partial charge in [-0.2, -0.15) is 0 Å². The SMILES string of the molecule is c1ccc(-c2nc(-c3ccccc3)c3oc4ccc(-c5cccc(-c6ccc7c(c6)c6ccccc6n7-c6ccccc6)c5)cc4c3n2)cc1.c1ccc(-c2nc(-c3ccccc3)c3oc4ccc(-c5cccc(-c6cccc7c6c6ccccc6n7-c6ccccc6)c5)cc4c3n2)cc1. The first-order valence-corrected chi connectivity index (χ1v) is 33.7. The van der Waals surface area contributed by atoms with Gasteiger partial charge in [-0.3, -0.25) is 0 Å². The Labute approximate surface area is 575 Å². The molecular formula is C92H58N6O2. The van der Waals surface area contributed by atoms with E-state index >= 15 is 0 Å². The lowest BCUT2D eigenvalue weighted by atomic mass is 9.95. The number of fused-ring (bicyclic) bond motifs is 12. The zero-order chi connectivity index (χ0) is 66.0. The van der Waals surface area contributed by atoms with Crippen LogP contribution < -0.4 is 0 Å². The normalized spacial score (nSPS) is 11.6. The number of benzene rings is 14. The number of furan rings is 2. The predicted octanol–water partition coefficient (Wildman–Crippen LogP) is 24.3. The quantitative estimate of drug-likeness (QED) is 0.136. The minimum atomic E-state index is 0.676. The van der Waals surface area contributed by atoms with E-state index in [9.17, 15) is 0 Å². The first kappa shape index (κ1) is 57.9. The molecule has 0 aliphatic heterocycles. The standard InChI is InChI=1S/2C46H29N3O/c1-4-14-30(15-5-1)43-45-44(48-46(47-43)31-16-6-2-7-17-31)38-29-33(26-27-41(38)50-45)32-18-12-19-34(28-32)36-23-13-25-40-42(36)37-22-10-11-24-39(37)49(40)35-20-8-3-9-21-35;1-4-13-30(14-5-1)43-45-44(48-46(47-43)31-15-6-2-7-16-31)39-29-35(24-26-42(39)50-45)33-18-12-17-32(27-33)34-23-25-41-38(28-34)37-21-10-11-22-40(37)49(41)36-19-8-3-9-20-36/h2*1-29H. The van der Waals surface area contributed by atoms with E-state index in [0.29, 0.717) is 22.8 Å². The molecule has 0 aliphatic rings. The summed E-state index contributed by atoms with van der Waals surface area (Å²) in [6, 6.07) is 123. The second-order valence-corrected chi connectivity index (χ2v) is 25.2. The van der Waals surface area contributed by atoms with Gasteiger partial charge in [0.15, 0.2) is 22.8 Å². The van der Waals surface area contributed by atoms with Crippen molar-refractivity contribution >= 4 is 87.7 Å². The molecule has 0 spiro atoms. The molecule has 0 amide bonds. The summed E-state index contributed by atoms with van der Waals surface area (Å²) in [4.78, 5) is 20.2. The molecule has 0 N–H and O–H groups in total. The first-order chi connectivity index (χ1) is 49.6. The van der Waals surface area contributed by atoms with E-state index < -0.39 is 0 Å². The molecule has 0 atom stereocenters. The molecule has 0 radical (unpaired) electrons. The molecule has 20 rings (SSSR count). The van der Waals surface area contributed by atoms with Crippen molar-refractivity contribution in [3.63, 3.8) is 0 Å². The van der Waals surface area contributed by atoms with Crippen LogP contribution in [0.2, 0.25) is 0 Å². The second-order valence-electron chi connectivity index (χ2n) is 25.2. The third-order valence-electron chi connectivity index (χ3n) is 19.2. The van der Waals surface area contributed by atoms with Crippen molar-refractivity contribution in [3.8, 4) is 101 Å². The van der Waals surface area contributed by atoms with Crippen molar-refractivity contribution in [2.45, 2.75) is 0 Å². The Balaban J connectivity index is 0.000000139. The van der Waals surface area contributed by atoms with Crippen LogP contribution in [0, 0.1) is 0 Å². The average Bonchev–Trinajstić information content (AvgIpc) is 1.60. The maximum Gasteiger partial charge on any atom is 0.180 e. The lowest BCUT2D eigenvalue weighted by Crippen LogP contribution is -1.93. The number of rotatable bonds is 10. The maximum absolute atomic E-state index is 6.51. The minimum absolute atomic E-state index is 0.676. The molecule has 6 heterocycles. The van der Waals surface area contributed by atoms with Crippen molar-refractivity contribution in [1.82, 2.24) is 29.1 Å². The molecule has 20 aromatic rings. The highest BCUT2D eigenvalue weighted by Crippen LogP contribution is 2.44. The monoisotopic (exact) mass is 1280 g/mol. The van der Waals surface area contributed by atoms with Gasteiger partial charge >= 0.3 is 0 Å². The lowest BCUT2D eigenvalue weighted by Gasteiger charge is -2.10. The molecular weight excluding hydrogens is 1220 g/mol. The van der Waals surface area contributed by atoms with Crippen molar-refractivity contribution in [2.75, 3.05) is 0 Å². The first-order valence-electron chi connectivity index (χ1n) is 33.7. The molecule has 0 saturated heterocycles. The van der Waals surface area contributed by atoms with Crippen LogP contribution in [0.4, 0.5) is 0 Å². The molecule has 100 heavy (non-hydrogen) atoms. The van der Waals surface area contributed by atoms with Gasteiger partial charge in [-0.25, -0.2) is 19.9 Å². The van der Waals surface area contributed by atoms with Crippen LogP contribution >= 0.6 is 0 Å². The Morgan fingerprint density at radius 3 is 1.08 bits per heavy atom. The highest BCUT2D eigenvalue weighted by Gasteiger charge is 2.23. The van der Waals surface area contributed by atoms with Gasteiger partial charge in [-0.1, -0.05) is 261 Å². The number of aromatic nitrogens is 6. The highest BCUT2D eigenvalue weighted by atomic mass is 16.3. The van der Waals surface area contributed by atoms with Gasteiger partial charge in [0.25, 0.3) is 0 Å². The zero-order valence-corrected chi connectivity index (χ0v) is 54.0. The Morgan fingerprint density at radius 2 is 0.570 bits per heavy atom. The van der Waals surface area contributed by atoms with E-state index in [1.807, 2.05) is 97.1 Å². The molecule has 8 heteroatoms. The molecule has 8 nitrogen and oxygen atoms in total. The molecule has 0 bridgehead atoms. The third-order valence-corrected chi connectivity index (χ3v) is 19.2. The van der Waals surface area contributed by atoms with Crippen LogP contribution in [0.15, 0.2) is 361 Å². The van der Waals surface area contributed by atoms with Gasteiger partial charge in [0, 0.05) is 65.9 Å². The van der Waals surface area contributed by atoms with Gasteiger partial charge < -0.3 is 18.0 Å². The van der Waals surface area contributed by atoms with Gasteiger partial charge in [-0.15, -0.1) is 0 Å². The Bertz CT molecular complexity index is 6500. The third kappa shape index (κ3) is 10.1. The van der Waals surface area contributed by atoms with Crippen LogP contribution in [-0.2, 0) is 0 Å². The van der Waals surface area contributed by atoms with Crippen LogP contribution in [0.1, 0.15) is 0 Å². The van der Waals surface area contributed by atoms with E-state index in [0.717, 1.165) is 106 Å². The molecule has 0 aliphatic carbocycles. The summed E-state index contributed by atoms with van der Waals surface area (Å²) in [6.07, 6.45) is 0. The number of hydrogen-bond donors (Lipinski definition) is 0. The fourth-order valence-electron chi connectivity index (χ4n) is 14.5. The predicted molar refractivity (Wildman–Crippen MR) is 411 cm³/mol. The summed E-state index contributed by atoms with van der Waals surface area (Å²) in [7, 11) is 0. The summed E-state index contributed by atoms with van der Waals surface area (Å²) in [6.45, 7) is 0. The Morgan fingerprint density at radius 1 is 0.220 bits per heavy atom. The maximum atomic E-state index is 6.51. The number of para-hydroxylation sites is 4. The zero-order valence-electron chi connectivity index (χ0n) is 54.0. The molecule has 468 valence electrons. The fourth-order valence-corrected chi connectivity index (χ4v) is 14.5. The smallest absolute Gasteiger partial charge is 0.180 e. The van der Waals surface area contributed by atoms with Crippen molar-refractivity contribution < 1.29 is 8.83 Å². The topological polar surface area (TPSA) is 87.7 Å². The molecule has 6 aromatic heterocycles. The summed E-state index contributed by atoms with van der Waals surface area (Å²) < 4.78 is 17.7. The molecule has 14 aromatic carbocycles. The minimum Gasteiger partial charge on any atom is -0.452 e. The largest absolute Gasteiger partial charge is 0.452 e. The van der Waals surface area contributed by atoms with Gasteiger partial charge in [0.1, 0.15) is 33.6 Å². The summed E-state index contributed by atoms with van der Waals surface area (Å²) in [5.41, 5.74) is 26.4. The van der Waals surface area contributed by atoms with Gasteiger partial charge in [0.05, 0.1) is 22.1 Å². The molecule has 0 unspecified atom stereocenters. The summed E-state index contributed by atoms with van der Waals surface area (Å²) >= 11 is 0. The highest BCUT2D eigenvalue weighted by molar-refractivity contribution is 6.17. The van der Waals surface area contributed by atoms with E-state index in [1.165, 1.54) is 60.3 Å². The fraction of sp³-hybridized carbons (Fsp3) is 0. The van der Waals surface area contributed by atoms with E-state index in [1.54, 1.807) is 0 Å². The average molecular weight is 1280 g/mol. The van der Waals surface area contributed by atoms with E-state index in [2.05, 4.69) is 264 Å². The van der Waals surface area contributed by atoms with Gasteiger partial charge in [-0.05, 0) is 136 Å². The summed E-state index contributed by atoms with van der Waals surface area (Å²) in [5.74, 6) is 1.35. The van der Waals surface area contributed by atoms with E-state index in [-0.39, 0.29) is 0 Å². The van der Waals surface area contributed by atoms with Gasteiger partial charge in [0.2, 0.25) is 0 Å². The van der Waals surface area contributed by atoms with Crippen LogP contribution in [0.5, 0.6) is 0 Å². The Hall–Kier alpha value is -13.6. The van der Waals surface area contributed by atoms with Crippen molar-refractivity contribution in [3.05, 3.63) is 352 Å². The Kier molecular flexibility index (Phi) is 14.0. The van der Waals surface area contributed by atoms with Crippen molar-refractivity contribution in [2.24, 2.45) is 0 Å². The molecule has 0 fully saturated rings. The van der Waals surface area contributed by atoms with E-state index in [4.69, 9.17) is 28.8 Å². The summed E-state index contributed by atoms with van der Waals surface area (Å²) in [5, 5.41) is 6.90. The second kappa shape index (κ2) is 24.3. The molecule has 0 saturated carbocycles. The van der Waals surface area contributed by atoms with Crippen LogP contribution in [-0.4, -0.2) is 29.1 Å². The van der Waals surface area contributed by atoms with Crippen LogP contribution in [0.25, 0.3) is 189 Å².